The Morgan fingerprint density at radius 3 is 2.43 bits per heavy atom. The maximum Gasteiger partial charge on any atom is 0.262 e. The quantitative estimate of drug-likeness (QED) is 0.453. The number of nitrogens with zero attached hydrogens (tertiary/aromatic N) is 1. The first-order valence-electron chi connectivity index (χ1n) is 9.53. The number of hydrogen-bond acceptors (Lipinski definition) is 4. The summed E-state index contributed by atoms with van der Waals surface area (Å²) in [6, 6.07) is 11.1. The number of amides is 2. The molecule has 160 valence electrons. The largest absolute Gasteiger partial charge is 0.491 e. The van der Waals surface area contributed by atoms with Gasteiger partial charge in [-0.05, 0) is 55.7 Å². The summed E-state index contributed by atoms with van der Waals surface area (Å²) < 4.78 is 5.64. The number of halogens is 2. The third kappa shape index (κ3) is 7.04. The Balaban J connectivity index is 2.03. The van der Waals surface area contributed by atoms with E-state index in [4.69, 9.17) is 27.9 Å². The van der Waals surface area contributed by atoms with Gasteiger partial charge in [0.2, 0.25) is 0 Å². The molecule has 0 aliphatic carbocycles. The lowest BCUT2D eigenvalue weighted by molar-refractivity contribution is -0.123. The zero-order valence-corrected chi connectivity index (χ0v) is 18.8. The van der Waals surface area contributed by atoms with Crippen LogP contribution in [0.1, 0.15) is 43.6 Å². The zero-order chi connectivity index (χ0) is 22.3. The number of carbonyl (C=O) groups is 2. The summed E-state index contributed by atoms with van der Waals surface area (Å²) in [4.78, 5) is 25.1. The second kappa shape index (κ2) is 11.0. The lowest BCUT2D eigenvalue weighted by Gasteiger charge is -2.20. The summed E-state index contributed by atoms with van der Waals surface area (Å²) in [6.07, 6.45) is 1.57. The molecule has 1 unspecified atom stereocenters. The fourth-order valence-electron chi connectivity index (χ4n) is 2.61. The van der Waals surface area contributed by atoms with E-state index >= 15 is 0 Å². The van der Waals surface area contributed by atoms with Gasteiger partial charge in [0.25, 0.3) is 11.8 Å². The van der Waals surface area contributed by atoms with E-state index < -0.39 is 17.9 Å². The number of benzene rings is 2. The molecule has 6 nitrogen and oxygen atoms in total. The lowest BCUT2D eigenvalue weighted by atomic mass is 10.0. The molecule has 0 radical (unpaired) electrons. The minimum atomic E-state index is -0.794. The first-order valence-corrected chi connectivity index (χ1v) is 10.3. The van der Waals surface area contributed by atoms with Crippen molar-refractivity contribution in [1.29, 1.82) is 0 Å². The third-order valence-electron chi connectivity index (χ3n) is 4.03. The van der Waals surface area contributed by atoms with E-state index in [9.17, 15) is 9.59 Å². The molecule has 2 aromatic rings. The highest BCUT2D eigenvalue weighted by molar-refractivity contribution is 6.36. The molecule has 0 saturated heterocycles. The molecule has 2 N–H and O–H groups in total. The molecule has 0 spiro atoms. The predicted octanol–water partition coefficient (Wildman–Crippen LogP) is 4.69. The van der Waals surface area contributed by atoms with E-state index in [2.05, 4.69) is 15.8 Å². The number of nitrogens with one attached hydrogen (secondary N) is 2. The van der Waals surface area contributed by atoms with Crippen molar-refractivity contribution in [3.63, 3.8) is 0 Å². The minimum absolute atomic E-state index is 0.0569. The fourth-order valence-corrected chi connectivity index (χ4v) is 3.10. The van der Waals surface area contributed by atoms with Gasteiger partial charge in [-0.3, -0.25) is 9.59 Å². The van der Waals surface area contributed by atoms with E-state index in [-0.39, 0.29) is 22.6 Å². The molecule has 0 aliphatic heterocycles. The Hall–Kier alpha value is -2.57. The average Bonchev–Trinajstić information content (AvgIpc) is 2.65. The molecule has 2 aromatic carbocycles. The van der Waals surface area contributed by atoms with E-state index in [0.717, 1.165) is 5.56 Å². The average molecular weight is 450 g/mol. The Bertz CT molecular complexity index is 930. The van der Waals surface area contributed by atoms with Gasteiger partial charge >= 0.3 is 0 Å². The van der Waals surface area contributed by atoms with E-state index in [1.807, 2.05) is 52.0 Å². The fraction of sp³-hybridized carbons (Fsp3) is 0.318. The Labute approximate surface area is 186 Å². The summed E-state index contributed by atoms with van der Waals surface area (Å²) in [5, 5.41) is 7.33. The van der Waals surface area contributed by atoms with Crippen LogP contribution in [-0.4, -0.2) is 30.2 Å². The predicted molar refractivity (Wildman–Crippen MR) is 120 cm³/mol. The summed E-state index contributed by atoms with van der Waals surface area (Å²) >= 11 is 11.9. The van der Waals surface area contributed by atoms with Crippen molar-refractivity contribution in [2.75, 3.05) is 0 Å². The molecular weight excluding hydrogens is 425 g/mol. The van der Waals surface area contributed by atoms with Gasteiger partial charge in [0.15, 0.2) is 0 Å². The van der Waals surface area contributed by atoms with Crippen LogP contribution in [0.4, 0.5) is 0 Å². The zero-order valence-electron chi connectivity index (χ0n) is 17.3. The van der Waals surface area contributed by atoms with E-state index in [1.54, 1.807) is 6.07 Å². The van der Waals surface area contributed by atoms with E-state index in [0.29, 0.717) is 10.8 Å². The van der Waals surface area contributed by atoms with Gasteiger partial charge in [0.05, 0.1) is 22.9 Å². The Morgan fingerprint density at radius 1 is 1.07 bits per heavy atom. The number of hydrazone groups is 1. The number of hydrogen-bond donors (Lipinski definition) is 2. The normalized spacial score (nSPS) is 12.3. The highest BCUT2D eigenvalue weighted by Crippen LogP contribution is 2.21. The van der Waals surface area contributed by atoms with Crippen molar-refractivity contribution in [1.82, 2.24) is 10.7 Å². The SMILES string of the molecule is CC(C)Oc1cccc(/C=N/NC(=O)C(NC(=O)c2ccc(Cl)cc2Cl)C(C)C)c1. The first-order chi connectivity index (χ1) is 14.2. The van der Waals surface area contributed by atoms with Crippen LogP contribution in [-0.2, 0) is 4.79 Å². The molecule has 2 rings (SSSR count). The Morgan fingerprint density at radius 2 is 1.80 bits per heavy atom. The molecule has 1 atom stereocenters. The van der Waals surface area contributed by atoms with Gasteiger partial charge in [-0.25, -0.2) is 5.43 Å². The highest BCUT2D eigenvalue weighted by Gasteiger charge is 2.25. The molecule has 30 heavy (non-hydrogen) atoms. The third-order valence-corrected chi connectivity index (χ3v) is 4.58. The van der Waals surface area contributed by atoms with Gasteiger partial charge in [0.1, 0.15) is 11.8 Å². The second-order valence-corrected chi connectivity index (χ2v) is 8.14. The number of carbonyl (C=O) groups excluding carboxylic acids is 2. The summed E-state index contributed by atoms with van der Waals surface area (Å²) in [5.41, 5.74) is 3.48. The van der Waals surface area contributed by atoms with Crippen LogP contribution >= 0.6 is 23.2 Å². The van der Waals surface area contributed by atoms with Gasteiger partial charge in [-0.2, -0.15) is 5.10 Å². The molecule has 0 bridgehead atoms. The van der Waals surface area contributed by atoms with Crippen LogP contribution in [0, 0.1) is 5.92 Å². The van der Waals surface area contributed by atoms with E-state index in [1.165, 1.54) is 18.3 Å². The van der Waals surface area contributed by atoms with Gasteiger partial charge in [-0.15, -0.1) is 0 Å². The van der Waals surface area contributed by atoms with Crippen molar-refractivity contribution >= 4 is 41.2 Å². The summed E-state index contributed by atoms with van der Waals surface area (Å²) in [5.74, 6) is -0.354. The van der Waals surface area contributed by atoms with Crippen LogP contribution in [0.15, 0.2) is 47.6 Å². The number of ether oxygens (including phenoxy) is 1. The standard InChI is InChI=1S/C22H25Cl2N3O3/c1-13(2)20(26-21(28)18-9-8-16(23)11-19(18)24)22(29)27-25-12-15-6-5-7-17(10-15)30-14(3)4/h5-14,20H,1-4H3,(H,26,28)(H,27,29)/b25-12+. The molecule has 0 saturated carbocycles. The van der Waals surface area contributed by atoms with Gasteiger partial charge in [-0.1, -0.05) is 49.2 Å². The molecule has 2 amide bonds. The maximum atomic E-state index is 12.6. The summed E-state index contributed by atoms with van der Waals surface area (Å²) in [6.45, 7) is 7.53. The van der Waals surface area contributed by atoms with Crippen LogP contribution < -0.4 is 15.5 Å². The topological polar surface area (TPSA) is 79.8 Å². The van der Waals surface area contributed by atoms with Crippen LogP contribution in [0.2, 0.25) is 10.0 Å². The molecule has 8 heteroatoms. The Kier molecular flexibility index (Phi) is 8.69. The first kappa shape index (κ1) is 23.7. The molecule has 0 aromatic heterocycles. The lowest BCUT2D eigenvalue weighted by Crippen LogP contribution is -2.48. The maximum absolute atomic E-state index is 12.6. The van der Waals surface area contributed by atoms with Crippen molar-refractivity contribution < 1.29 is 14.3 Å². The van der Waals surface area contributed by atoms with Crippen molar-refractivity contribution in [2.24, 2.45) is 11.0 Å². The van der Waals surface area contributed by atoms with Crippen LogP contribution in [0.5, 0.6) is 5.75 Å². The minimum Gasteiger partial charge on any atom is -0.491 e. The van der Waals surface area contributed by atoms with Crippen molar-refractivity contribution in [3.8, 4) is 5.75 Å². The van der Waals surface area contributed by atoms with Crippen molar-refractivity contribution in [3.05, 3.63) is 63.6 Å². The van der Waals surface area contributed by atoms with Gasteiger partial charge < -0.3 is 10.1 Å². The molecular formula is C22H25Cl2N3O3. The number of rotatable bonds is 8. The smallest absolute Gasteiger partial charge is 0.262 e. The molecule has 0 heterocycles. The van der Waals surface area contributed by atoms with Gasteiger partial charge in [0, 0.05) is 5.02 Å². The monoisotopic (exact) mass is 449 g/mol. The molecule has 0 aliphatic rings. The van der Waals surface area contributed by atoms with Crippen molar-refractivity contribution in [2.45, 2.75) is 39.8 Å². The van der Waals surface area contributed by atoms with Crippen LogP contribution in [0.3, 0.4) is 0 Å². The second-order valence-electron chi connectivity index (χ2n) is 7.29. The van der Waals surface area contributed by atoms with Crippen LogP contribution in [0.25, 0.3) is 0 Å². The summed E-state index contributed by atoms with van der Waals surface area (Å²) in [7, 11) is 0. The highest BCUT2D eigenvalue weighted by atomic mass is 35.5. The molecule has 0 fully saturated rings.